The summed E-state index contributed by atoms with van der Waals surface area (Å²) in [6.07, 6.45) is -0.830. The van der Waals surface area contributed by atoms with Crippen LogP contribution in [0.5, 0.6) is 23.0 Å². The van der Waals surface area contributed by atoms with Crippen molar-refractivity contribution in [3.8, 4) is 33.6 Å². The molecule has 9 nitrogen and oxygen atoms in total. The maximum Gasteiger partial charge on any atom is 0.281 e. The minimum Gasteiger partial charge on any atom is -0.494 e. The topological polar surface area (TPSA) is 108 Å². The van der Waals surface area contributed by atoms with Crippen molar-refractivity contribution < 1.29 is 28.5 Å². The summed E-state index contributed by atoms with van der Waals surface area (Å²) in [4.78, 5) is 29.9. The van der Waals surface area contributed by atoms with Gasteiger partial charge in [0, 0.05) is 5.56 Å². The number of ether oxygens (including phenoxy) is 4. The number of thiazole rings is 1. The van der Waals surface area contributed by atoms with Crippen LogP contribution in [0.25, 0.3) is 10.6 Å². The highest BCUT2D eigenvalue weighted by Gasteiger charge is 2.20. The van der Waals surface area contributed by atoms with Crippen LogP contribution in [-0.2, 0) is 4.79 Å². The largest absolute Gasteiger partial charge is 0.494 e. The molecule has 0 radical (unpaired) electrons. The Kier molecular flexibility index (Phi) is 8.31. The zero-order valence-electron chi connectivity index (χ0n) is 19.6. The molecule has 1 heterocycles. The van der Waals surface area contributed by atoms with E-state index in [0.717, 1.165) is 5.56 Å². The Balaban J connectivity index is 1.60. The molecule has 0 aliphatic rings. The Morgan fingerprint density at radius 3 is 2.32 bits per heavy atom. The summed E-state index contributed by atoms with van der Waals surface area (Å²) in [6.45, 7) is 5.78. The van der Waals surface area contributed by atoms with Crippen molar-refractivity contribution >= 4 is 23.2 Å². The fourth-order valence-electron chi connectivity index (χ4n) is 3.02. The zero-order valence-corrected chi connectivity index (χ0v) is 20.4. The molecule has 1 aromatic heterocycles. The summed E-state index contributed by atoms with van der Waals surface area (Å²) in [6, 6.07) is 12.3. The maximum atomic E-state index is 12.7. The molecule has 0 aliphatic heterocycles. The van der Waals surface area contributed by atoms with Crippen LogP contribution < -0.4 is 29.8 Å². The van der Waals surface area contributed by atoms with Crippen LogP contribution in [0.15, 0.2) is 42.5 Å². The first-order chi connectivity index (χ1) is 16.4. The van der Waals surface area contributed by atoms with E-state index in [2.05, 4.69) is 15.8 Å². The fraction of sp³-hybridized carbons (Fsp3) is 0.292. The van der Waals surface area contributed by atoms with Crippen LogP contribution in [0.2, 0.25) is 0 Å². The van der Waals surface area contributed by atoms with Crippen LogP contribution in [0.1, 0.15) is 29.2 Å². The third-order valence-electron chi connectivity index (χ3n) is 4.75. The van der Waals surface area contributed by atoms with E-state index in [1.165, 1.54) is 11.3 Å². The first kappa shape index (κ1) is 24.8. The summed E-state index contributed by atoms with van der Waals surface area (Å²) in [5.41, 5.74) is 6.15. The third-order valence-corrected chi connectivity index (χ3v) is 5.95. The van der Waals surface area contributed by atoms with Crippen LogP contribution in [0.3, 0.4) is 0 Å². The van der Waals surface area contributed by atoms with Gasteiger partial charge in [-0.1, -0.05) is 0 Å². The molecule has 0 aliphatic carbocycles. The first-order valence-corrected chi connectivity index (χ1v) is 11.4. The number of carbonyl (C=O) groups is 2. The number of hydrogen-bond donors (Lipinski definition) is 2. The van der Waals surface area contributed by atoms with Crippen molar-refractivity contribution in [3.05, 3.63) is 53.0 Å². The Hall–Kier alpha value is -3.79. The van der Waals surface area contributed by atoms with Gasteiger partial charge in [0.15, 0.2) is 17.6 Å². The highest BCUT2D eigenvalue weighted by atomic mass is 32.1. The van der Waals surface area contributed by atoms with Crippen LogP contribution in [0, 0.1) is 6.92 Å². The molecule has 0 fully saturated rings. The van der Waals surface area contributed by atoms with Crippen LogP contribution in [0.4, 0.5) is 0 Å². The van der Waals surface area contributed by atoms with Gasteiger partial charge in [-0.3, -0.25) is 20.4 Å². The minimum atomic E-state index is -0.830. The average molecular weight is 486 g/mol. The molecule has 34 heavy (non-hydrogen) atoms. The number of carbonyl (C=O) groups excluding carboxylic acids is 2. The van der Waals surface area contributed by atoms with E-state index in [1.807, 2.05) is 13.0 Å². The summed E-state index contributed by atoms with van der Waals surface area (Å²) in [5, 5.41) is 0.641. The molecule has 1 atom stereocenters. The van der Waals surface area contributed by atoms with Crippen LogP contribution in [-0.4, -0.2) is 43.7 Å². The van der Waals surface area contributed by atoms with E-state index in [1.54, 1.807) is 64.5 Å². The second kappa shape index (κ2) is 11.4. The van der Waals surface area contributed by atoms with Crippen molar-refractivity contribution in [3.63, 3.8) is 0 Å². The second-order valence-electron chi connectivity index (χ2n) is 7.11. The molecule has 0 saturated carbocycles. The van der Waals surface area contributed by atoms with E-state index < -0.39 is 17.9 Å². The molecule has 0 spiro atoms. The Morgan fingerprint density at radius 2 is 1.68 bits per heavy atom. The molecule has 2 N–H and O–H groups in total. The number of nitrogens with zero attached hydrogens (tertiary/aromatic N) is 1. The zero-order chi connectivity index (χ0) is 24.7. The first-order valence-electron chi connectivity index (χ1n) is 10.6. The number of aryl methyl sites for hydroxylation is 1. The number of benzene rings is 2. The van der Waals surface area contributed by atoms with Gasteiger partial charge in [-0.2, -0.15) is 0 Å². The maximum absolute atomic E-state index is 12.7. The fourth-order valence-corrected chi connectivity index (χ4v) is 3.97. The van der Waals surface area contributed by atoms with E-state index in [9.17, 15) is 9.59 Å². The second-order valence-corrected chi connectivity index (χ2v) is 8.11. The molecular formula is C24H27N3O6S. The predicted octanol–water partition coefficient (Wildman–Crippen LogP) is 3.76. The summed E-state index contributed by atoms with van der Waals surface area (Å²) >= 11 is 1.21. The van der Waals surface area contributed by atoms with Gasteiger partial charge in [0.1, 0.15) is 21.4 Å². The molecule has 0 bridgehead atoms. The highest BCUT2D eigenvalue weighted by molar-refractivity contribution is 7.17. The van der Waals surface area contributed by atoms with Gasteiger partial charge in [0.05, 0.1) is 26.5 Å². The Morgan fingerprint density at radius 1 is 1.00 bits per heavy atom. The van der Waals surface area contributed by atoms with Crippen molar-refractivity contribution in [1.82, 2.24) is 15.8 Å². The van der Waals surface area contributed by atoms with E-state index in [4.69, 9.17) is 18.9 Å². The Labute approximate surface area is 202 Å². The summed E-state index contributed by atoms with van der Waals surface area (Å²) in [5.74, 6) is 1.42. The van der Waals surface area contributed by atoms with E-state index >= 15 is 0 Å². The van der Waals surface area contributed by atoms with Crippen molar-refractivity contribution in [2.75, 3.05) is 20.8 Å². The number of rotatable bonds is 9. The Bertz CT molecular complexity index is 1150. The number of aromatic nitrogens is 1. The number of hydrogen-bond acceptors (Lipinski definition) is 8. The van der Waals surface area contributed by atoms with Crippen molar-refractivity contribution in [1.29, 1.82) is 0 Å². The van der Waals surface area contributed by atoms with Crippen molar-refractivity contribution in [2.24, 2.45) is 0 Å². The minimum absolute atomic E-state index is 0.380. The summed E-state index contributed by atoms with van der Waals surface area (Å²) in [7, 11) is 3.11. The van der Waals surface area contributed by atoms with Crippen LogP contribution >= 0.6 is 11.3 Å². The quantitative estimate of drug-likeness (QED) is 0.444. The molecule has 2 aromatic carbocycles. The number of amides is 2. The SMILES string of the molecule is CCOc1ccc(OC(C)C(=O)NNC(=O)c2sc(-c3ccc(OC)c(OC)c3)nc2C)cc1. The lowest BCUT2D eigenvalue weighted by molar-refractivity contribution is -0.128. The van der Waals surface area contributed by atoms with Gasteiger partial charge >= 0.3 is 0 Å². The molecule has 3 rings (SSSR count). The van der Waals surface area contributed by atoms with Gasteiger partial charge in [0.2, 0.25) is 0 Å². The van der Waals surface area contributed by atoms with E-state index in [0.29, 0.717) is 45.2 Å². The summed E-state index contributed by atoms with van der Waals surface area (Å²) < 4.78 is 21.6. The molecule has 1 unspecified atom stereocenters. The predicted molar refractivity (Wildman–Crippen MR) is 129 cm³/mol. The lowest BCUT2D eigenvalue weighted by Gasteiger charge is -2.15. The lowest BCUT2D eigenvalue weighted by atomic mass is 10.2. The number of methoxy groups -OCH3 is 2. The normalized spacial score (nSPS) is 11.3. The van der Waals surface area contributed by atoms with Gasteiger partial charge in [0.25, 0.3) is 11.8 Å². The highest BCUT2D eigenvalue weighted by Crippen LogP contribution is 2.34. The van der Waals surface area contributed by atoms with Gasteiger partial charge < -0.3 is 18.9 Å². The molecule has 180 valence electrons. The molecule has 0 saturated heterocycles. The number of nitrogens with one attached hydrogen (secondary N) is 2. The van der Waals surface area contributed by atoms with E-state index in [-0.39, 0.29) is 0 Å². The third kappa shape index (κ3) is 5.96. The average Bonchev–Trinajstić information content (AvgIpc) is 3.24. The van der Waals surface area contributed by atoms with Gasteiger partial charge in [-0.15, -0.1) is 11.3 Å². The van der Waals surface area contributed by atoms with Gasteiger partial charge in [-0.25, -0.2) is 4.98 Å². The molecule has 2 amide bonds. The molecule has 10 heteroatoms. The number of hydrazine groups is 1. The standard InChI is InChI=1S/C24H27N3O6S/c1-6-32-17-8-10-18(11-9-17)33-15(3)22(28)26-27-23(29)21-14(2)25-24(34-21)16-7-12-19(30-4)20(13-16)31-5/h7-13,15H,6H2,1-5H3,(H,26,28)(H,27,29). The van der Waals surface area contributed by atoms with Crippen molar-refractivity contribution in [2.45, 2.75) is 26.9 Å². The lowest BCUT2D eigenvalue weighted by Crippen LogP contribution is -2.47. The monoisotopic (exact) mass is 485 g/mol. The molecular weight excluding hydrogens is 458 g/mol. The smallest absolute Gasteiger partial charge is 0.281 e. The van der Waals surface area contributed by atoms with Gasteiger partial charge in [-0.05, 0) is 63.2 Å². The molecule has 3 aromatic rings.